The summed E-state index contributed by atoms with van der Waals surface area (Å²) >= 11 is 0. The number of aromatic hydroxyl groups is 4. The molecule has 1 aliphatic rings. The van der Waals surface area contributed by atoms with Crippen molar-refractivity contribution in [2.75, 3.05) is 11.5 Å². The molecule has 0 saturated heterocycles. The molecule has 0 amide bonds. The Labute approximate surface area is 223 Å². The van der Waals surface area contributed by atoms with Crippen LogP contribution >= 0.6 is 0 Å². The number of hydrogen-bond acceptors (Lipinski definition) is 10. The molecule has 2 aromatic heterocycles. The molecule has 12 nitrogen and oxygen atoms in total. The first-order valence-electron chi connectivity index (χ1n) is 13.1. The number of aromatic nitrogens is 2. The molecule has 216 valence electrons. The molecular weight excluding hydrogens is 540 g/mol. The number of hydrogen-bond donors (Lipinski definition) is 4. The van der Waals surface area contributed by atoms with Crippen LogP contribution in [-0.4, -0.2) is 58.2 Å². The van der Waals surface area contributed by atoms with Gasteiger partial charge in [0.2, 0.25) is 23.5 Å². The maximum Gasteiger partial charge on any atom is 0.327 e. The minimum atomic E-state index is -4.18. The van der Waals surface area contributed by atoms with Crippen molar-refractivity contribution >= 4 is 20.2 Å². The fraction of sp³-hybridized carbons (Fsp3) is 0.667. The molecule has 0 radical (unpaired) electrons. The first-order valence-corrected chi connectivity index (χ1v) is 16.3. The Morgan fingerprint density at radius 1 is 0.500 bits per heavy atom. The van der Waals surface area contributed by atoms with E-state index in [-0.39, 0.29) is 33.8 Å². The van der Waals surface area contributed by atoms with Gasteiger partial charge in [0.1, 0.15) is 0 Å². The molecule has 0 unspecified atom stereocenters. The lowest BCUT2D eigenvalue weighted by molar-refractivity contribution is 0.201. The van der Waals surface area contributed by atoms with Gasteiger partial charge in [-0.1, -0.05) is 87.5 Å². The van der Waals surface area contributed by atoms with Crippen LogP contribution in [0.15, 0.2) is 0 Å². The maximum atomic E-state index is 12.4. The molecular formula is C24H38N2O10S2. The normalized spacial score (nSPS) is 12.7. The standard InChI is InChI=1S/C24H38N2O10S2/c1-3-5-7-9-11-13-15-37(31,32)35-25-21(27)17-18(22(25)28)20-19(17)23(29)26(24(20)30)36-38(33,34)16-14-12-10-8-6-4-2/h27-30H,3-16H2,1-2H3. The molecule has 2 heterocycles. The van der Waals surface area contributed by atoms with Gasteiger partial charge in [0.25, 0.3) is 0 Å². The molecule has 0 fully saturated rings. The van der Waals surface area contributed by atoms with Gasteiger partial charge in [-0.15, -0.1) is 0 Å². The lowest BCUT2D eigenvalue weighted by atomic mass is 9.86. The van der Waals surface area contributed by atoms with Gasteiger partial charge in [-0.3, -0.25) is 8.57 Å². The zero-order valence-electron chi connectivity index (χ0n) is 21.8. The van der Waals surface area contributed by atoms with Crippen LogP contribution in [0.5, 0.6) is 23.5 Å². The van der Waals surface area contributed by atoms with Gasteiger partial charge in [0, 0.05) is 0 Å². The average Bonchev–Trinajstić information content (AvgIpc) is 3.13. The van der Waals surface area contributed by atoms with Crippen molar-refractivity contribution in [1.82, 2.24) is 9.46 Å². The maximum absolute atomic E-state index is 12.4. The monoisotopic (exact) mass is 578 g/mol. The summed E-state index contributed by atoms with van der Waals surface area (Å²) in [6, 6.07) is 0. The van der Waals surface area contributed by atoms with Crippen LogP contribution in [0.25, 0.3) is 22.3 Å². The van der Waals surface area contributed by atoms with E-state index >= 15 is 0 Å². The molecule has 0 saturated carbocycles. The van der Waals surface area contributed by atoms with Gasteiger partial charge in [-0.05, 0) is 12.8 Å². The number of unbranched alkanes of at least 4 members (excludes halogenated alkanes) is 10. The van der Waals surface area contributed by atoms with Crippen LogP contribution in [0.4, 0.5) is 0 Å². The van der Waals surface area contributed by atoms with E-state index in [0.717, 1.165) is 51.4 Å². The second-order valence-electron chi connectivity index (χ2n) is 9.59. The molecule has 0 spiro atoms. The summed E-state index contributed by atoms with van der Waals surface area (Å²) in [5.74, 6) is -4.00. The molecule has 4 N–H and O–H groups in total. The predicted molar refractivity (Wildman–Crippen MR) is 141 cm³/mol. The highest BCUT2D eigenvalue weighted by atomic mass is 32.2. The van der Waals surface area contributed by atoms with Gasteiger partial charge in [0.05, 0.1) is 33.8 Å². The van der Waals surface area contributed by atoms with Gasteiger partial charge >= 0.3 is 20.2 Å². The van der Waals surface area contributed by atoms with E-state index in [2.05, 4.69) is 13.8 Å². The van der Waals surface area contributed by atoms with Gasteiger partial charge in [-0.2, -0.15) is 16.8 Å². The zero-order valence-corrected chi connectivity index (χ0v) is 23.5. The van der Waals surface area contributed by atoms with E-state index in [1.165, 1.54) is 0 Å². The minimum absolute atomic E-state index is 0.212. The summed E-state index contributed by atoms with van der Waals surface area (Å²) in [5, 5.41) is 42.2. The smallest absolute Gasteiger partial charge is 0.327 e. The van der Waals surface area contributed by atoms with Crippen molar-refractivity contribution in [2.24, 2.45) is 0 Å². The summed E-state index contributed by atoms with van der Waals surface area (Å²) in [7, 11) is -8.36. The Morgan fingerprint density at radius 2 is 0.763 bits per heavy atom. The Balaban J connectivity index is 1.70. The Morgan fingerprint density at radius 3 is 1.05 bits per heavy atom. The van der Waals surface area contributed by atoms with Gasteiger partial charge < -0.3 is 20.4 Å². The average molecular weight is 579 g/mol. The van der Waals surface area contributed by atoms with Crippen molar-refractivity contribution in [1.29, 1.82) is 0 Å². The van der Waals surface area contributed by atoms with E-state index < -0.39 is 43.8 Å². The number of nitrogens with zero attached hydrogens (tertiary/aromatic N) is 2. The molecule has 3 rings (SSSR count). The van der Waals surface area contributed by atoms with Crippen molar-refractivity contribution < 1.29 is 45.8 Å². The topological polar surface area (TPSA) is 178 Å². The van der Waals surface area contributed by atoms with Crippen LogP contribution in [0.3, 0.4) is 0 Å². The molecule has 38 heavy (non-hydrogen) atoms. The summed E-state index contributed by atoms with van der Waals surface area (Å²) in [6.45, 7) is 4.15. The van der Waals surface area contributed by atoms with Gasteiger partial charge in [-0.25, -0.2) is 0 Å². The highest BCUT2D eigenvalue weighted by molar-refractivity contribution is 7.87. The molecule has 0 atom stereocenters. The minimum Gasteiger partial charge on any atom is -0.492 e. The lowest BCUT2D eigenvalue weighted by Crippen LogP contribution is -2.22. The molecule has 0 aromatic carbocycles. The third-order valence-electron chi connectivity index (χ3n) is 6.54. The third kappa shape index (κ3) is 6.45. The Hall–Kier alpha value is -2.74. The van der Waals surface area contributed by atoms with E-state index in [1.54, 1.807) is 0 Å². The van der Waals surface area contributed by atoms with E-state index in [0.29, 0.717) is 35.1 Å². The van der Waals surface area contributed by atoms with E-state index in [1.807, 2.05) is 0 Å². The summed E-state index contributed by atoms with van der Waals surface area (Å²) < 4.78 is 60.0. The molecule has 0 bridgehead atoms. The molecule has 14 heteroatoms. The summed E-state index contributed by atoms with van der Waals surface area (Å²) in [4.78, 5) is 0. The highest BCUT2D eigenvalue weighted by Crippen LogP contribution is 2.64. The number of fused-ring (bicyclic) bond motifs is 4. The van der Waals surface area contributed by atoms with Crippen molar-refractivity contribution in [3.05, 3.63) is 0 Å². The first kappa shape index (κ1) is 29.8. The highest BCUT2D eigenvalue weighted by Gasteiger charge is 2.45. The Bertz CT molecular complexity index is 1160. The quantitative estimate of drug-likeness (QED) is 0.161. The first-order chi connectivity index (χ1) is 18.0. The SMILES string of the molecule is CCCCCCCCS(=O)(=O)On1c(O)c2c(c1O)-c1c-2c(O)n(OS(=O)(=O)CCCCCCCC)c1O. The van der Waals surface area contributed by atoms with Crippen LogP contribution in [0, 0.1) is 0 Å². The van der Waals surface area contributed by atoms with Crippen molar-refractivity contribution in [3.8, 4) is 45.8 Å². The molecule has 0 aliphatic heterocycles. The largest absolute Gasteiger partial charge is 0.492 e. The van der Waals surface area contributed by atoms with Crippen LogP contribution in [-0.2, 0) is 20.2 Å². The summed E-state index contributed by atoms with van der Waals surface area (Å²) in [6.07, 6.45) is 10.1. The van der Waals surface area contributed by atoms with Crippen LogP contribution in [0.1, 0.15) is 90.9 Å². The zero-order chi connectivity index (χ0) is 28.1. The van der Waals surface area contributed by atoms with E-state index in [9.17, 15) is 37.3 Å². The second kappa shape index (κ2) is 12.4. The van der Waals surface area contributed by atoms with Crippen LogP contribution < -0.4 is 8.57 Å². The van der Waals surface area contributed by atoms with E-state index in [4.69, 9.17) is 8.57 Å². The lowest BCUT2D eigenvalue weighted by Gasteiger charge is -2.13. The predicted octanol–water partition coefficient (Wildman–Crippen LogP) is 4.00. The molecule has 2 aromatic rings. The fourth-order valence-electron chi connectivity index (χ4n) is 4.50. The second-order valence-corrected chi connectivity index (χ2v) is 12.9. The third-order valence-corrected chi connectivity index (χ3v) is 8.87. The number of rotatable bonds is 18. The van der Waals surface area contributed by atoms with Crippen LogP contribution in [0.2, 0.25) is 0 Å². The Kier molecular flexibility index (Phi) is 9.74. The summed E-state index contributed by atoms with van der Waals surface area (Å²) in [5.41, 5.74) is -0.849. The fourth-order valence-corrected chi connectivity index (χ4v) is 6.50. The van der Waals surface area contributed by atoms with Crippen molar-refractivity contribution in [2.45, 2.75) is 90.9 Å². The molecule has 1 aliphatic carbocycles. The van der Waals surface area contributed by atoms with Crippen molar-refractivity contribution in [3.63, 3.8) is 0 Å². The van der Waals surface area contributed by atoms with Gasteiger partial charge in [0.15, 0.2) is 0 Å².